The summed E-state index contributed by atoms with van der Waals surface area (Å²) in [5.74, 6) is -5.56. The van der Waals surface area contributed by atoms with Crippen molar-refractivity contribution in [3.05, 3.63) is 34.9 Å². The molecule has 1 saturated carbocycles. The van der Waals surface area contributed by atoms with Gasteiger partial charge in [-0.3, -0.25) is 0 Å². The number of esters is 2. The SMILES string of the molecule is CCCC1COC(c2cc(F)c(C(=O)OC3CCC(OC(=O)C(F)(F)F)CC3)c(F)c2)OC1. The average molecular weight is 480 g/mol. The normalized spacial score (nSPS) is 26.0. The summed E-state index contributed by atoms with van der Waals surface area (Å²) in [6.45, 7) is 2.82. The molecule has 0 radical (unpaired) electrons. The standard InChI is InChI=1S/C22H25F5O6/c1-2-3-12-10-30-20(31-11-12)13-8-16(23)18(17(24)9-13)19(28)32-14-4-6-15(7-5-14)33-21(29)22(25,26)27/h8-9,12,14-15,20H,2-7,10-11H2,1H3. The van der Waals surface area contributed by atoms with E-state index < -0.39 is 53.8 Å². The number of alkyl halides is 3. The van der Waals surface area contributed by atoms with Crippen molar-refractivity contribution in [2.75, 3.05) is 13.2 Å². The maximum absolute atomic E-state index is 14.6. The van der Waals surface area contributed by atoms with Crippen LogP contribution in [0.5, 0.6) is 0 Å². The predicted molar refractivity (Wildman–Crippen MR) is 103 cm³/mol. The summed E-state index contributed by atoms with van der Waals surface area (Å²) in [7, 11) is 0. The Balaban J connectivity index is 1.55. The second-order valence-electron chi connectivity index (χ2n) is 8.22. The Kier molecular flexibility index (Phi) is 8.28. The quantitative estimate of drug-likeness (QED) is 0.422. The molecule has 1 aromatic rings. The van der Waals surface area contributed by atoms with E-state index in [1.54, 1.807) is 0 Å². The molecule has 184 valence electrons. The molecule has 33 heavy (non-hydrogen) atoms. The summed E-state index contributed by atoms with van der Waals surface area (Å²) >= 11 is 0. The van der Waals surface area contributed by atoms with Crippen LogP contribution in [-0.2, 0) is 23.7 Å². The Hall–Kier alpha value is -2.27. The van der Waals surface area contributed by atoms with Crippen molar-refractivity contribution >= 4 is 11.9 Å². The lowest BCUT2D eigenvalue weighted by molar-refractivity contribution is -0.206. The molecule has 0 atom stereocenters. The third-order valence-electron chi connectivity index (χ3n) is 5.60. The highest BCUT2D eigenvalue weighted by Gasteiger charge is 2.43. The summed E-state index contributed by atoms with van der Waals surface area (Å²) in [6.07, 6.45) is -5.66. The lowest BCUT2D eigenvalue weighted by atomic mass is 9.95. The Morgan fingerprint density at radius 1 is 0.970 bits per heavy atom. The Labute approximate surface area is 187 Å². The van der Waals surface area contributed by atoms with Crippen LogP contribution >= 0.6 is 0 Å². The van der Waals surface area contributed by atoms with Gasteiger partial charge >= 0.3 is 18.1 Å². The van der Waals surface area contributed by atoms with E-state index in [0.717, 1.165) is 25.0 Å². The van der Waals surface area contributed by atoms with E-state index >= 15 is 0 Å². The molecule has 1 aliphatic carbocycles. The average Bonchev–Trinajstić information content (AvgIpc) is 2.74. The summed E-state index contributed by atoms with van der Waals surface area (Å²) in [5.41, 5.74) is -0.771. The summed E-state index contributed by atoms with van der Waals surface area (Å²) in [4.78, 5) is 23.3. The lowest BCUT2D eigenvalue weighted by Gasteiger charge is -2.30. The van der Waals surface area contributed by atoms with Crippen molar-refractivity contribution in [2.24, 2.45) is 5.92 Å². The van der Waals surface area contributed by atoms with Gasteiger partial charge in [-0.1, -0.05) is 13.3 Å². The number of hydrogen-bond acceptors (Lipinski definition) is 6. The molecule has 1 saturated heterocycles. The fourth-order valence-electron chi connectivity index (χ4n) is 3.93. The van der Waals surface area contributed by atoms with Gasteiger partial charge in [-0.05, 0) is 44.2 Å². The highest BCUT2D eigenvalue weighted by molar-refractivity contribution is 5.90. The minimum absolute atomic E-state index is 0.0268. The first-order chi connectivity index (χ1) is 15.6. The molecule has 2 fully saturated rings. The molecule has 0 N–H and O–H groups in total. The molecule has 0 spiro atoms. The molecular weight excluding hydrogens is 455 g/mol. The fraction of sp³-hybridized carbons (Fsp3) is 0.636. The van der Waals surface area contributed by atoms with Crippen LogP contribution in [0.25, 0.3) is 0 Å². The van der Waals surface area contributed by atoms with E-state index in [1.807, 2.05) is 6.92 Å². The molecule has 1 aliphatic heterocycles. The van der Waals surface area contributed by atoms with Crippen molar-refractivity contribution in [2.45, 2.75) is 70.1 Å². The molecular formula is C22H25F5O6. The highest BCUT2D eigenvalue weighted by Crippen LogP contribution is 2.31. The zero-order valence-corrected chi connectivity index (χ0v) is 18.0. The van der Waals surface area contributed by atoms with E-state index in [1.165, 1.54) is 0 Å². The molecule has 0 aromatic heterocycles. The number of carbonyl (C=O) groups is 2. The van der Waals surface area contributed by atoms with Crippen LogP contribution in [0, 0.1) is 17.6 Å². The number of benzene rings is 1. The molecule has 0 unspecified atom stereocenters. The van der Waals surface area contributed by atoms with E-state index in [9.17, 15) is 31.5 Å². The summed E-state index contributed by atoms with van der Waals surface area (Å²) in [6, 6.07) is 1.91. The number of ether oxygens (including phenoxy) is 4. The van der Waals surface area contributed by atoms with Gasteiger partial charge in [0.15, 0.2) is 6.29 Å². The van der Waals surface area contributed by atoms with Gasteiger partial charge in [0.05, 0.1) is 13.2 Å². The number of rotatable bonds is 6. The zero-order valence-electron chi connectivity index (χ0n) is 18.0. The van der Waals surface area contributed by atoms with Crippen LogP contribution in [-0.4, -0.2) is 43.5 Å². The second-order valence-corrected chi connectivity index (χ2v) is 8.22. The Morgan fingerprint density at radius 3 is 1.97 bits per heavy atom. The van der Waals surface area contributed by atoms with Crippen molar-refractivity contribution in [1.29, 1.82) is 0 Å². The number of hydrogen-bond donors (Lipinski definition) is 0. The van der Waals surface area contributed by atoms with Crippen molar-refractivity contribution in [3.8, 4) is 0 Å². The minimum atomic E-state index is -5.09. The predicted octanol–water partition coefficient (Wildman–Crippen LogP) is 5.00. The van der Waals surface area contributed by atoms with E-state index in [2.05, 4.69) is 4.74 Å². The van der Waals surface area contributed by atoms with Crippen molar-refractivity contribution in [1.82, 2.24) is 0 Å². The van der Waals surface area contributed by atoms with Crippen LogP contribution in [0.3, 0.4) is 0 Å². The van der Waals surface area contributed by atoms with Crippen LogP contribution < -0.4 is 0 Å². The van der Waals surface area contributed by atoms with Gasteiger partial charge in [-0.2, -0.15) is 13.2 Å². The van der Waals surface area contributed by atoms with Gasteiger partial charge in [0.25, 0.3) is 0 Å². The molecule has 1 heterocycles. The van der Waals surface area contributed by atoms with Gasteiger partial charge in [0, 0.05) is 11.5 Å². The van der Waals surface area contributed by atoms with Crippen LogP contribution in [0.2, 0.25) is 0 Å². The molecule has 3 rings (SSSR count). The topological polar surface area (TPSA) is 71.1 Å². The van der Waals surface area contributed by atoms with Gasteiger partial charge in [0.2, 0.25) is 0 Å². The molecule has 1 aromatic carbocycles. The second kappa shape index (κ2) is 10.8. The first-order valence-electron chi connectivity index (χ1n) is 10.8. The summed E-state index contributed by atoms with van der Waals surface area (Å²) < 4.78 is 86.6. The molecule has 0 amide bonds. The maximum atomic E-state index is 14.6. The molecule has 11 heteroatoms. The van der Waals surface area contributed by atoms with Crippen LogP contribution in [0.15, 0.2) is 12.1 Å². The van der Waals surface area contributed by atoms with Gasteiger partial charge in [-0.15, -0.1) is 0 Å². The van der Waals surface area contributed by atoms with Crippen LogP contribution in [0.4, 0.5) is 22.0 Å². The van der Waals surface area contributed by atoms with E-state index in [-0.39, 0.29) is 37.2 Å². The maximum Gasteiger partial charge on any atom is 0.490 e. The number of carbonyl (C=O) groups excluding carboxylic acids is 2. The Bertz CT molecular complexity index is 819. The van der Waals surface area contributed by atoms with Gasteiger partial charge in [-0.25, -0.2) is 18.4 Å². The highest BCUT2D eigenvalue weighted by atomic mass is 19.4. The largest absolute Gasteiger partial charge is 0.490 e. The third-order valence-corrected chi connectivity index (χ3v) is 5.60. The first-order valence-corrected chi connectivity index (χ1v) is 10.8. The Morgan fingerprint density at radius 2 is 1.48 bits per heavy atom. The minimum Gasteiger partial charge on any atom is -0.459 e. The fourth-order valence-corrected chi connectivity index (χ4v) is 3.93. The van der Waals surface area contributed by atoms with Crippen LogP contribution in [0.1, 0.15) is 67.7 Å². The summed E-state index contributed by atoms with van der Waals surface area (Å²) in [5, 5.41) is 0. The van der Waals surface area contributed by atoms with Crippen molar-refractivity contribution < 1.29 is 50.5 Å². The molecule has 0 bridgehead atoms. The first kappa shape index (κ1) is 25.4. The molecule has 2 aliphatic rings. The monoisotopic (exact) mass is 480 g/mol. The number of halogens is 5. The van der Waals surface area contributed by atoms with Gasteiger partial charge < -0.3 is 18.9 Å². The van der Waals surface area contributed by atoms with Crippen molar-refractivity contribution in [3.63, 3.8) is 0 Å². The van der Waals surface area contributed by atoms with E-state index in [4.69, 9.17) is 14.2 Å². The smallest absolute Gasteiger partial charge is 0.459 e. The van der Waals surface area contributed by atoms with E-state index in [0.29, 0.717) is 13.2 Å². The lowest BCUT2D eigenvalue weighted by Crippen LogP contribution is -2.34. The van der Waals surface area contributed by atoms with Gasteiger partial charge in [0.1, 0.15) is 29.4 Å². The third kappa shape index (κ3) is 6.63. The zero-order chi connectivity index (χ0) is 24.2. The molecule has 6 nitrogen and oxygen atoms in total.